The minimum absolute atomic E-state index is 0.134. The van der Waals surface area contributed by atoms with Crippen LogP contribution in [0.5, 0.6) is 11.5 Å². The molecular weight excluding hydrogens is 382 g/mol. The number of hydrogen-bond donors (Lipinski definition) is 1. The average Bonchev–Trinajstić information content (AvgIpc) is 2.77. The molecule has 0 heterocycles. The quantitative estimate of drug-likeness (QED) is 0.555. The summed E-state index contributed by atoms with van der Waals surface area (Å²) < 4.78 is 15.5. The molecule has 6 nitrogen and oxygen atoms in total. The summed E-state index contributed by atoms with van der Waals surface area (Å²) in [4.78, 5) is 24.2. The minimum atomic E-state index is -0.436. The molecule has 0 saturated carbocycles. The molecule has 0 saturated heterocycles. The SMILES string of the molecule is CCOC(=O)COc1cccc(NC(=O)[C@@H](C)c2ccc3cc(OC)ccc3c2)c1. The fourth-order valence-corrected chi connectivity index (χ4v) is 3.05. The number of benzene rings is 3. The number of hydrogen-bond acceptors (Lipinski definition) is 5. The van der Waals surface area contributed by atoms with Crippen molar-refractivity contribution in [1.29, 1.82) is 0 Å². The molecule has 0 unspecified atom stereocenters. The number of amides is 1. The smallest absolute Gasteiger partial charge is 0.344 e. The molecule has 1 atom stereocenters. The first-order chi connectivity index (χ1) is 14.5. The molecule has 3 aromatic carbocycles. The van der Waals surface area contributed by atoms with Crippen LogP contribution < -0.4 is 14.8 Å². The van der Waals surface area contributed by atoms with Gasteiger partial charge >= 0.3 is 5.97 Å². The Hall–Kier alpha value is -3.54. The Balaban J connectivity index is 1.67. The summed E-state index contributed by atoms with van der Waals surface area (Å²) in [6, 6.07) is 18.7. The summed E-state index contributed by atoms with van der Waals surface area (Å²) in [7, 11) is 1.64. The molecule has 3 aromatic rings. The van der Waals surface area contributed by atoms with Gasteiger partial charge in [0, 0.05) is 11.8 Å². The van der Waals surface area contributed by atoms with Crippen molar-refractivity contribution >= 4 is 28.3 Å². The zero-order valence-electron chi connectivity index (χ0n) is 17.3. The van der Waals surface area contributed by atoms with Crippen molar-refractivity contribution in [2.45, 2.75) is 19.8 Å². The van der Waals surface area contributed by atoms with E-state index in [0.717, 1.165) is 22.1 Å². The summed E-state index contributed by atoms with van der Waals surface area (Å²) in [5, 5.41) is 5.00. The molecule has 0 aliphatic carbocycles. The monoisotopic (exact) mass is 407 g/mol. The lowest BCUT2D eigenvalue weighted by molar-refractivity contribution is -0.145. The maximum Gasteiger partial charge on any atom is 0.344 e. The second kappa shape index (κ2) is 9.78. The van der Waals surface area contributed by atoms with Gasteiger partial charge in [-0.1, -0.05) is 30.3 Å². The van der Waals surface area contributed by atoms with E-state index in [1.54, 1.807) is 38.3 Å². The van der Waals surface area contributed by atoms with Crippen LogP contribution in [0.2, 0.25) is 0 Å². The molecule has 0 radical (unpaired) electrons. The lowest BCUT2D eigenvalue weighted by atomic mass is 9.97. The lowest BCUT2D eigenvalue weighted by Gasteiger charge is -2.14. The molecule has 30 heavy (non-hydrogen) atoms. The number of rotatable bonds is 8. The van der Waals surface area contributed by atoms with E-state index in [2.05, 4.69) is 5.32 Å². The predicted octanol–water partition coefficient (Wildman–Crippen LogP) is 4.53. The van der Waals surface area contributed by atoms with Crippen LogP contribution in [0.15, 0.2) is 60.7 Å². The van der Waals surface area contributed by atoms with Gasteiger partial charge in [-0.2, -0.15) is 0 Å². The van der Waals surface area contributed by atoms with Crippen LogP contribution in [-0.2, 0) is 14.3 Å². The minimum Gasteiger partial charge on any atom is -0.497 e. The maximum atomic E-state index is 12.8. The lowest BCUT2D eigenvalue weighted by Crippen LogP contribution is -2.19. The Labute approximate surface area is 175 Å². The van der Waals surface area contributed by atoms with Gasteiger partial charge in [0.15, 0.2) is 6.61 Å². The number of carbonyl (C=O) groups is 2. The van der Waals surface area contributed by atoms with Gasteiger partial charge in [0.05, 0.1) is 19.6 Å². The van der Waals surface area contributed by atoms with Crippen molar-refractivity contribution in [3.63, 3.8) is 0 Å². The van der Waals surface area contributed by atoms with Crippen LogP contribution in [-0.4, -0.2) is 32.2 Å². The highest BCUT2D eigenvalue weighted by Crippen LogP contribution is 2.26. The Morgan fingerprint density at radius 2 is 1.73 bits per heavy atom. The van der Waals surface area contributed by atoms with Gasteiger partial charge < -0.3 is 19.5 Å². The molecule has 1 N–H and O–H groups in total. The van der Waals surface area contributed by atoms with Crippen molar-refractivity contribution in [3.05, 3.63) is 66.2 Å². The largest absolute Gasteiger partial charge is 0.497 e. The molecule has 3 rings (SSSR count). The number of ether oxygens (including phenoxy) is 3. The van der Waals surface area contributed by atoms with Crippen LogP contribution in [0, 0.1) is 0 Å². The van der Waals surface area contributed by atoms with E-state index in [0.29, 0.717) is 18.0 Å². The number of nitrogens with one attached hydrogen (secondary N) is 1. The zero-order chi connectivity index (χ0) is 21.5. The number of anilines is 1. The van der Waals surface area contributed by atoms with Crippen molar-refractivity contribution in [3.8, 4) is 11.5 Å². The Bertz CT molecular complexity index is 1050. The van der Waals surface area contributed by atoms with E-state index < -0.39 is 5.97 Å². The van der Waals surface area contributed by atoms with Gasteiger partial charge in [0.1, 0.15) is 11.5 Å². The fourth-order valence-electron chi connectivity index (χ4n) is 3.05. The Morgan fingerprint density at radius 3 is 2.50 bits per heavy atom. The van der Waals surface area contributed by atoms with Gasteiger partial charge in [-0.05, 0) is 54.4 Å². The maximum absolute atomic E-state index is 12.8. The first kappa shape index (κ1) is 21.2. The topological polar surface area (TPSA) is 73.9 Å². The van der Waals surface area contributed by atoms with E-state index in [4.69, 9.17) is 14.2 Å². The molecule has 0 fully saturated rings. The third-order valence-corrected chi connectivity index (χ3v) is 4.73. The summed E-state index contributed by atoms with van der Waals surface area (Å²) in [6.45, 7) is 3.73. The summed E-state index contributed by atoms with van der Waals surface area (Å²) >= 11 is 0. The number of methoxy groups -OCH3 is 1. The average molecular weight is 407 g/mol. The number of fused-ring (bicyclic) bond motifs is 1. The third kappa shape index (κ3) is 5.29. The Morgan fingerprint density at radius 1 is 0.967 bits per heavy atom. The standard InChI is InChI=1S/C24H25NO5/c1-4-29-23(26)15-30-22-7-5-6-20(14-22)25-24(27)16(2)17-8-9-19-13-21(28-3)11-10-18(19)12-17/h5-14,16H,4,15H2,1-3H3,(H,25,27)/t16-/m0/s1. The molecule has 0 bridgehead atoms. The van der Waals surface area contributed by atoms with Crippen LogP contribution in [0.1, 0.15) is 25.3 Å². The summed E-state index contributed by atoms with van der Waals surface area (Å²) in [6.07, 6.45) is 0. The normalized spacial score (nSPS) is 11.6. The fraction of sp³-hybridized carbons (Fsp3) is 0.250. The molecule has 6 heteroatoms. The van der Waals surface area contributed by atoms with Crippen LogP contribution in [0.4, 0.5) is 5.69 Å². The van der Waals surface area contributed by atoms with Gasteiger partial charge in [-0.3, -0.25) is 4.79 Å². The second-order valence-electron chi connectivity index (χ2n) is 6.80. The van der Waals surface area contributed by atoms with Crippen molar-refractivity contribution in [2.75, 3.05) is 25.6 Å². The first-order valence-electron chi connectivity index (χ1n) is 9.77. The van der Waals surface area contributed by atoms with E-state index in [9.17, 15) is 9.59 Å². The van der Waals surface area contributed by atoms with Gasteiger partial charge in [0.2, 0.25) is 5.91 Å². The van der Waals surface area contributed by atoms with Gasteiger partial charge in [-0.15, -0.1) is 0 Å². The van der Waals surface area contributed by atoms with Crippen LogP contribution >= 0.6 is 0 Å². The van der Waals surface area contributed by atoms with E-state index >= 15 is 0 Å². The molecule has 0 aromatic heterocycles. The summed E-state index contributed by atoms with van der Waals surface area (Å²) in [5.74, 6) is 0.361. The molecule has 0 aliphatic heterocycles. The van der Waals surface area contributed by atoms with E-state index in [1.165, 1.54) is 0 Å². The highest BCUT2D eigenvalue weighted by molar-refractivity contribution is 5.96. The van der Waals surface area contributed by atoms with Gasteiger partial charge in [0.25, 0.3) is 0 Å². The molecule has 0 spiro atoms. The van der Waals surface area contributed by atoms with Crippen LogP contribution in [0.3, 0.4) is 0 Å². The Kier molecular flexibility index (Phi) is 6.91. The van der Waals surface area contributed by atoms with E-state index in [-0.39, 0.29) is 18.4 Å². The summed E-state index contributed by atoms with van der Waals surface area (Å²) in [5.41, 5.74) is 1.51. The number of esters is 1. The molecular formula is C24H25NO5. The van der Waals surface area contributed by atoms with Crippen molar-refractivity contribution in [1.82, 2.24) is 0 Å². The highest BCUT2D eigenvalue weighted by atomic mass is 16.6. The highest BCUT2D eigenvalue weighted by Gasteiger charge is 2.16. The molecule has 1 amide bonds. The van der Waals surface area contributed by atoms with Crippen LogP contribution in [0.25, 0.3) is 10.8 Å². The predicted molar refractivity (Wildman–Crippen MR) is 116 cm³/mol. The second-order valence-corrected chi connectivity index (χ2v) is 6.80. The third-order valence-electron chi connectivity index (χ3n) is 4.73. The van der Waals surface area contributed by atoms with E-state index in [1.807, 2.05) is 43.3 Å². The first-order valence-corrected chi connectivity index (χ1v) is 9.77. The molecule has 0 aliphatic rings. The van der Waals surface area contributed by atoms with Gasteiger partial charge in [-0.25, -0.2) is 4.79 Å². The zero-order valence-corrected chi connectivity index (χ0v) is 17.3. The van der Waals surface area contributed by atoms with Crippen molar-refractivity contribution in [2.24, 2.45) is 0 Å². The van der Waals surface area contributed by atoms with Crippen molar-refractivity contribution < 1.29 is 23.8 Å². The number of carbonyl (C=O) groups excluding carboxylic acids is 2. The molecule has 156 valence electrons.